The summed E-state index contributed by atoms with van der Waals surface area (Å²) in [6.07, 6.45) is 1.74. The Morgan fingerprint density at radius 2 is 1.93 bits per heavy atom. The summed E-state index contributed by atoms with van der Waals surface area (Å²) in [7, 11) is 1.61. The lowest BCUT2D eigenvalue weighted by Crippen LogP contribution is -2.45. The van der Waals surface area contributed by atoms with E-state index in [4.69, 9.17) is 0 Å². The molecule has 0 aromatic heterocycles. The first kappa shape index (κ1) is 20.0. The number of hydrogen-bond acceptors (Lipinski definition) is 4. The lowest BCUT2D eigenvalue weighted by atomic mass is 9.94. The van der Waals surface area contributed by atoms with Crippen molar-refractivity contribution in [2.24, 2.45) is 11.8 Å². The van der Waals surface area contributed by atoms with Gasteiger partial charge in [-0.15, -0.1) is 0 Å². The number of likely N-dealkylation sites (N-methyl/N-ethyl adjacent to an activating group) is 1. The van der Waals surface area contributed by atoms with E-state index in [9.17, 15) is 19.2 Å². The third-order valence-corrected chi connectivity index (χ3v) is 5.84. The predicted octanol–water partition coefficient (Wildman–Crippen LogP) is 2.21. The first-order valence-electron chi connectivity index (χ1n) is 9.75. The second kappa shape index (κ2) is 8.12. The molecular weight excluding hydrogens is 358 g/mol. The summed E-state index contributed by atoms with van der Waals surface area (Å²) in [5.41, 5.74) is 1.24. The first-order chi connectivity index (χ1) is 13.3. The van der Waals surface area contributed by atoms with Crippen LogP contribution in [0.5, 0.6) is 0 Å². The van der Waals surface area contributed by atoms with Gasteiger partial charge in [0.15, 0.2) is 0 Å². The van der Waals surface area contributed by atoms with E-state index < -0.39 is 0 Å². The number of anilines is 2. The molecule has 0 radical (unpaired) electrons. The summed E-state index contributed by atoms with van der Waals surface area (Å²) < 4.78 is 0. The van der Waals surface area contributed by atoms with Gasteiger partial charge in [-0.2, -0.15) is 0 Å². The van der Waals surface area contributed by atoms with Gasteiger partial charge < -0.3 is 15.1 Å². The summed E-state index contributed by atoms with van der Waals surface area (Å²) >= 11 is 0. The number of fused-ring (bicyclic) bond motifs is 1. The number of benzene rings is 1. The van der Waals surface area contributed by atoms with E-state index in [0.29, 0.717) is 17.8 Å². The molecule has 3 atom stereocenters. The van der Waals surface area contributed by atoms with Crippen molar-refractivity contribution in [3.05, 3.63) is 24.3 Å². The highest BCUT2D eigenvalue weighted by Gasteiger charge is 2.34. The molecule has 1 fully saturated rings. The Kier molecular flexibility index (Phi) is 5.82. The molecule has 1 heterocycles. The zero-order valence-electron chi connectivity index (χ0n) is 16.6. The van der Waals surface area contributed by atoms with Crippen LogP contribution >= 0.6 is 0 Å². The highest BCUT2D eigenvalue weighted by Crippen LogP contribution is 2.32. The van der Waals surface area contributed by atoms with Crippen LogP contribution in [0.15, 0.2) is 24.3 Å². The van der Waals surface area contributed by atoms with Crippen molar-refractivity contribution in [1.29, 1.82) is 0 Å². The Balaban J connectivity index is 1.70. The number of nitrogens with zero attached hydrogens (tertiary/aromatic N) is 2. The van der Waals surface area contributed by atoms with E-state index in [1.807, 2.05) is 19.9 Å². The molecule has 3 rings (SSSR count). The number of nitrogens with one attached hydrogen (secondary N) is 1. The molecular formula is C21H27N3O4. The Labute approximate surface area is 165 Å². The van der Waals surface area contributed by atoms with Gasteiger partial charge in [0.25, 0.3) is 0 Å². The van der Waals surface area contributed by atoms with Crippen LogP contribution in [0.2, 0.25) is 0 Å². The van der Waals surface area contributed by atoms with Gasteiger partial charge in [0.2, 0.25) is 17.7 Å². The molecule has 0 unspecified atom stereocenters. The highest BCUT2D eigenvalue weighted by atomic mass is 16.2. The molecule has 1 N–H and O–H groups in total. The average molecular weight is 385 g/mol. The zero-order valence-corrected chi connectivity index (χ0v) is 16.6. The third kappa shape index (κ3) is 4.08. The summed E-state index contributed by atoms with van der Waals surface area (Å²) in [5.74, 6) is -0.337. The Morgan fingerprint density at radius 1 is 1.21 bits per heavy atom. The number of hydrogen-bond donors (Lipinski definition) is 1. The minimum Gasteiger partial charge on any atom is -0.336 e. The van der Waals surface area contributed by atoms with Crippen LogP contribution in [0.25, 0.3) is 0 Å². The molecule has 1 aliphatic heterocycles. The third-order valence-electron chi connectivity index (χ3n) is 5.84. The van der Waals surface area contributed by atoms with Crippen molar-refractivity contribution in [3.63, 3.8) is 0 Å². The number of para-hydroxylation sites is 2. The fourth-order valence-electron chi connectivity index (χ4n) is 4.06. The molecule has 3 amide bonds. The normalized spacial score (nSPS) is 24.4. The van der Waals surface area contributed by atoms with E-state index in [-0.39, 0.29) is 60.8 Å². The fraction of sp³-hybridized carbons (Fsp3) is 0.524. The largest absolute Gasteiger partial charge is 0.336 e. The number of Topliss-reactive ketones (excluding diaryl/α,β-unsaturated/α-hetero) is 1. The van der Waals surface area contributed by atoms with E-state index in [2.05, 4.69) is 5.32 Å². The highest BCUT2D eigenvalue weighted by molar-refractivity contribution is 6.05. The molecule has 0 bridgehead atoms. The second-order valence-corrected chi connectivity index (χ2v) is 7.89. The smallest absolute Gasteiger partial charge is 0.246 e. The van der Waals surface area contributed by atoms with Crippen LogP contribution in [-0.4, -0.2) is 48.0 Å². The molecule has 1 aromatic rings. The van der Waals surface area contributed by atoms with E-state index >= 15 is 0 Å². The summed E-state index contributed by atoms with van der Waals surface area (Å²) in [4.78, 5) is 52.4. The van der Waals surface area contributed by atoms with Crippen molar-refractivity contribution in [1.82, 2.24) is 4.90 Å². The van der Waals surface area contributed by atoms with Gasteiger partial charge in [-0.1, -0.05) is 19.1 Å². The Bertz CT molecular complexity index is 807. The van der Waals surface area contributed by atoms with Crippen molar-refractivity contribution < 1.29 is 19.2 Å². The van der Waals surface area contributed by atoms with Crippen LogP contribution in [0, 0.1) is 11.8 Å². The maximum Gasteiger partial charge on any atom is 0.246 e. The van der Waals surface area contributed by atoms with Gasteiger partial charge in [0.05, 0.1) is 17.9 Å². The van der Waals surface area contributed by atoms with Crippen LogP contribution < -0.4 is 10.2 Å². The SMILES string of the molecule is C[C@@H]1C(=O)CC[C@@H]1CC(=O)N(C)CC(=O)N1c2ccccc2NC(=O)C[C@H]1C. The maximum absolute atomic E-state index is 13.0. The quantitative estimate of drug-likeness (QED) is 0.861. The molecule has 1 saturated carbocycles. The molecule has 7 heteroatoms. The minimum atomic E-state index is -0.313. The van der Waals surface area contributed by atoms with Gasteiger partial charge in [-0.25, -0.2) is 0 Å². The molecule has 150 valence electrons. The van der Waals surface area contributed by atoms with E-state index in [0.717, 1.165) is 6.42 Å². The number of ketones is 1. The Morgan fingerprint density at radius 3 is 2.61 bits per heavy atom. The Hall–Kier alpha value is -2.70. The number of carbonyl (C=O) groups excluding carboxylic acids is 4. The molecule has 1 aromatic carbocycles. The predicted molar refractivity (Wildman–Crippen MR) is 106 cm³/mol. The molecule has 2 aliphatic rings. The van der Waals surface area contributed by atoms with Gasteiger partial charge >= 0.3 is 0 Å². The maximum atomic E-state index is 13.0. The summed E-state index contributed by atoms with van der Waals surface area (Å²) in [5, 5.41) is 2.83. The van der Waals surface area contributed by atoms with Crippen molar-refractivity contribution in [3.8, 4) is 0 Å². The summed E-state index contributed by atoms with van der Waals surface area (Å²) in [6, 6.07) is 6.86. The van der Waals surface area contributed by atoms with Crippen molar-refractivity contribution in [2.45, 2.75) is 45.6 Å². The zero-order chi connectivity index (χ0) is 20.4. The van der Waals surface area contributed by atoms with Gasteiger partial charge in [0, 0.05) is 38.3 Å². The molecule has 7 nitrogen and oxygen atoms in total. The van der Waals surface area contributed by atoms with Crippen LogP contribution in [0.1, 0.15) is 39.5 Å². The lowest BCUT2D eigenvalue weighted by molar-refractivity contribution is -0.135. The molecule has 28 heavy (non-hydrogen) atoms. The number of amides is 3. The van der Waals surface area contributed by atoms with E-state index in [1.54, 1.807) is 30.1 Å². The minimum absolute atomic E-state index is 0.0530. The van der Waals surface area contributed by atoms with Gasteiger partial charge in [-0.3, -0.25) is 19.2 Å². The first-order valence-corrected chi connectivity index (χ1v) is 9.75. The van der Waals surface area contributed by atoms with Crippen molar-refractivity contribution >= 4 is 34.9 Å². The molecule has 0 saturated heterocycles. The second-order valence-electron chi connectivity index (χ2n) is 7.89. The topological polar surface area (TPSA) is 86.8 Å². The van der Waals surface area contributed by atoms with Crippen LogP contribution in [0.3, 0.4) is 0 Å². The number of rotatable bonds is 4. The number of carbonyl (C=O) groups is 4. The lowest BCUT2D eigenvalue weighted by Gasteiger charge is -2.30. The summed E-state index contributed by atoms with van der Waals surface area (Å²) in [6.45, 7) is 3.63. The fourth-order valence-corrected chi connectivity index (χ4v) is 4.06. The monoisotopic (exact) mass is 385 g/mol. The van der Waals surface area contributed by atoms with Crippen molar-refractivity contribution in [2.75, 3.05) is 23.8 Å². The molecule has 1 aliphatic carbocycles. The van der Waals surface area contributed by atoms with Gasteiger partial charge in [0.1, 0.15) is 5.78 Å². The molecule has 0 spiro atoms. The van der Waals surface area contributed by atoms with Gasteiger partial charge in [-0.05, 0) is 31.4 Å². The van der Waals surface area contributed by atoms with Crippen LogP contribution in [0.4, 0.5) is 11.4 Å². The van der Waals surface area contributed by atoms with Crippen LogP contribution in [-0.2, 0) is 19.2 Å². The average Bonchev–Trinajstić information content (AvgIpc) is 2.87. The standard InChI is InChI=1S/C21H27N3O4/c1-13-10-19(26)22-16-6-4-5-7-17(16)24(13)21(28)12-23(3)20(27)11-15-8-9-18(25)14(15)2/h4-7,13-15H,8-12H2,1-3H3,(H,22,26)/t13-,14+,15-/m1/s1. The van der Waals surface area contributed by atoms with E-state index in [1.165, 1.54) is 4.90 Å².